The molecule has 0 amide bonds. The minimum absolute atomic E-state index is 1.00. The van der Waals surface area contributed by atoms with Gasteiger partial charge in [-0.25, -0.2) is 0 Å². The van der Waals surface area contributed by atoms with Crippen LogP contribution in [0.1, 0.15) is 27.7 Å². The molecule has 26 heavy (non-hydrogen) atoms. The monoisotopic (exact) mass is 347 g/mol. The van der Waals surface area contributed by atoms with Gasteiger partial charge in [-0.05, 0) is 57.3 Å². The van der Waals surface area contributed by atoms with E-state index in [-0.39, 0.29) is 0 Å². The number of hydrogen-bond donors (Lipinski definition) is 0. The molecule has 0 saturated carbocycles. The number of anilines is 2. The van der Waals surface area contributed by atoms with Gasteiger partial charge in [0.1, 0.15) is 0 Å². The summed E-state index contributed by atoms with van der Waals surface area (Å²) in [4.78, 5) is 9.55. The van der Waals surface area contributed by atoms with Crippen molar-refractivity contribution in [1.29, 1.82) is 0 Å². The van der Waals surface area contributed by atoms with Gasteiger partial charge in [-0.1, -0.05) is 24.3 Å². The summed E-state index contributed by atoms with van der Waals surface area (Å²) >= 11 is 0. The topological polar surface area (TPSA) is 19.4 Å². The lowest BCUT2D eigenvalue weighted by molar-refractivity contribution is 0.852. The molecule has 0 aliphatic heterocycles. The Balaban J connectivity index is 2.22. The summed E-state index contributed by atoms with van der Waals surface area (Å²) in [5.74, 6) is 0. The first-order chi connectivity index (χ1) is 12.7. The first-order valence-corrected chi connectivity index (χ1v) is 9.70. The molecule has 0 fully saturated rings. The van der Waals surface area contributed by atoms with Gasteiger partial charge in [0.15, 0.2) is 0 Å². The van der Waals surface area contributed by atoms with Crippen molar-refractivity contribution in [3.63, 3.8) is 0 Å². The number of rotatable bonds is 7. The predicted octanol–water partition coefficient (Wildman–Crippen LogP) is 5.59. The van der Waals surface area contributed by atoms with Gasteiger partial charge >= 0.3 is 0 Å². The fraction of sp³-hybridized carbons (Fsp3) is 0.348. The molecule has 1 heterocycles. The van der Waals surface area contributed by atoms with Gasteiger partial charge in [0.2, 0.25) is 0 Å². The number of nitrogens with zero attached hydrogens (tertiary/aromatic N) is 3. The number of aromatic nitrogens is 1. The fourth-order valence-corrected chi connectivity index (χ4v) is 3.62. The first kappa shape index (κ1) is 18.2. The van der Waals surface area contributed by atoms with Crippen molar-refractivity contribution in [3.8, 4) is 11.3 Å². The van der Waals surface area contributed by atoms with E-state index in [1.54, 1.807) is 0 Å². The van der Waals surface area contributed by atoms with E-state index in [1.165, 1.54) is 27.7 Å². The highest BCUT2D eigenvalue weighted by atomic mass is 15.1. The van der Waals surface area contributed by atoms with Crippen LogP contribution in [0.4, 0.5) is 11.4 Å². The molecular formula is C23H29N3. The highest BCUT2D eigenvalue weighted by Crippen LogP contribution is 2.33. The van der Waals surface area contributed by atoms with Crippen LogP contribution < -0.4 is 9.80 Å². The Labute approximate surface area is 157 Å². The molecule has 0 N–H and O–H groups in total. The Morgan fingerprint density at radius 3 is 1.88 bits per heavy atom. The zero-order valence-corrected chi connectivity index (χ0v) is 16.4. The molecule has 0 spiro atoms. The van der Waals surface area contributed by atoms with Crippen LogP contribution in [0.3, 0.4) is 0 Å². The summed E-state index contributed by atoms with van der Waals surface area (Å²) < 4.78 is 0. The van der Waals surface area contributed by atoms with Gasteiger partial charge in [0.25, 0.3) is 0 Å². The second-order valence-electron chi connectivity index (χ2n) is 6.46. The summed E-state index contributed by atoms with van der Waals surface area (Å²) in [7, 11) is 0. The molecule has 0 bridgehead atoms. The smallest absolute Gasteiger partial charge is 0.0781 e. The van der Waals surface area contributed by atoms with E-state index < -0.39 is 0 Å². The van der Waals surface area contributed by atoms with E-state index in [4.69, 9.17) is 4.98 Å². The van der Waals surface area contributed by atoms with E-state index in [0.29, 0.717) is 0 Å². The van der Waals surface area contributed by atoms with Gasteiger partial charge in [-0.3, -0.25) is 4.98 Å². The normalized spacial score (nSPS) is 10.9. The zero-order valence-electron chi connectivity index (χ0n) is 16.4. The molecule has 3 nitrogen and oxygen atoms in total. The molecule has 2 aromatic carbocycles. The lowest BCUT2D eigenvalue weighted by Crippen LogP contribution is -2.24. The van der Waals surface area contributed by atoms with Crippen molar-refractivity contribution < 1.29 is 0 Å². The summed E-state index contributed by atoms with van der Waals surface area (Å²) in [5, 5.41) is 2.44. The molecule has 0 saturated heterocycles. The van der Waals surface area contributed by atoms with Crippen molar-refractivity contribution in [2.45, 2.75) is 27.7 Å². The minimum atomic E-state index is 1.00. The van der Waals surface area contributed by atoms with Gasteiger partial charge < -0.3 is 9.80 Å². The van der Waals surface area contributed by atoms with Crippen LogP contribution in [-0.2, 0) is 0 Å². The molecule has 136 valence electrons. The number of pyridine rings is 1. The van der Waals surface area contributed by atoms with Crippen LogP contribution in [0.5, 0.6) is 0 Å². The number of benzene rings is 2. The highest BCUT2D eigenvalue weighted by molar-refractivity contribution is 5.95. The van der Waals surface area contributed by atoms with Crippen LogP contribution in [0.2, 0.25) is 0 Å². The Hall–Kier alpha value is -2.55. The summed E-state index contributed by atoms with van der Waals surface area (Å²) in [6.07, 6.45) is 1.92. The largest absolute Gasteiger partial charge is 0.372 e. The van der Waals surface area contributed by atoms with Gasteiger partial charge in [-0.15, -0.1) is 0 Å². The average Bonchev–Trinajstić information content (AvgIpc) is 2.69. The van der Waals surface area contributed by atoms with Crippen LogP contribution in [-0.4, -0.2) is 31.2 Å². The third-order valence-corrected chi connectivity index (χ3v) is 5.11. The van der Waals surface area contributed by atoms with Crippen LogP contribution >= 0.6 is 0 Å². The predicted molar refractivity (Wildman–Crippen MR) is 114 cm³/mol. The third-order valence-electron chi connectivity index (χ3n) is 5.11. The maximum absolute atomic E-state index is 4.74. The van der Waals surface area contributed by atoms with Gasteiger partial charge in [0.05, 0.1) is 5.69 Å². The molecule has 3 aromatic rings. The molecular weight excluding hydrogens is 318 g/mol. The molecule has 0 aliphatic carbocycles. The maximum Gasteiger partial charge on any atom is 0.0781 e. The Kier molecular flexibility index (Phi) is 5.77. The van der Waals surface area contributed by atoms with Crippen LogP contribution in [0, 0.1) is 0 Å². The second-order valence-corrected chi connectivity index (χ2v) is 6.46. The Morgan fingerprint density at radius 2 is 1.31 bits per heavy atom. The van der Waals surface area contributed by atoms with Crippen molar-refractivity contribution >= 4 is 22.1 Å². The molecule has 3 rings (SSSR count). The van der Waals surface area contributed by atoms with Gasteiger partial charge in [0, 0.05) is 54.7 Å². The first-order valence-electron chi connectivity index (χ1n) is 9.70. The lowest BCUT2D eigenvalue weighted by Gasteiger charge is -2.27. The summed E-state index contributed by atoms with van der Waals surface area (Å²) in [6, 6.07) is 17.5. The summed E-state index contributed by atoms with van der Waals surface area (Å²) in [5.41, 5.74) is 4.78. The quantitative estimate of drug-likeness (QED) is 0.555. The van der Waals surface area contributed by atoms with Gasteiger partial charge in [-0.2, -0.15) is 0 Å². The molecule has 0 unspecified atom stereocenters. The Morgan fingerprint density at radius 1 is 0.731 bits per heavy atom. The number of hydrogen-bond acceptors (Lipinski definition) is 3. The van der Waals surface area contributed by atoms with E-state index in [2.05, 4.69) is 86.0 Å². The summed E-state index contributed by atoms with van der Waals surface area (Å²) in [6.45, 7) is 12.8. The van der Waals surface area contributed by atoms with E-state index >= 15 is 0 Å². The van der Waals surface area contributed by atoms with Crippen LogP contribution in [0.25, 0.3) is 22.0 Å². The van der Waals surface area contributed by atoms with Crippen molar-refractivity contribution in [1.82, 2.24) is 4.98 Å². The third kappa shape index (κ3) is 3.52. The second kappa shape index (κ2) is 8.22. The molecule has 3 heteroatoms. The van der Waals surface area contributed by atoms with Crippen LogP contribution in [0.15, 0.2) is 54.7 Å². The minimum Gasteiger partial charge on any atom is -0.372 e. The number of fused-ring (bicyclic) bond motifs is 1. The molecule has 0 atom stereocenters. The molecule has 0 radical (unpaired) electrons. The zero-order chi connectivity index (χ0) is 18.5. The lowest BCUT2D eigenvalue weighted by atomic mass is 10.0. The van der Waals surface area contributed by atoms with Crippen molar-refractivity contribution in [2.75, 3.05) is 36.0 Å². The van der Waals surface area contributed by atoms with Crippen molar-refractivity contribution in [2.24, 2.45) is 0 Å². The maximum atomic E-state index is 4.74. The standard InChI is InChI=1S/C23H29N3/c1-5-25(6-2)20-15-19(16-21(17-20)26(7-3)8-4)23-22-12-10-9-11-18(22)13-14-24-23/h9-17H,5-8H2,1-4H3. The van der Waals surface area contributed by atoms with E-state index in [0.717, 1.165) is 31.9 Å². The highest BCUT2D eigenvalue weighted by Gasteiger charge is 2.13. The van der Waals surface area contributed by atoms with E-state index in [1.807, 2.05) is 6.20 Å². The van der Waals surface area contributed by atoms with E-state index in [9.17, 15) is 0 Å². The molecule has 1 aromatic heterocycles. The fourth-order valence-electron chi connectivity index (χ4n) is 3.62. The molecule has 0 aliphatic rings. The SMILES string of the molecule is CCN(CC)c1cc(-c2nccc3ccccc23)cc(N(CC)CC)c1. The van der Waals surface area contributed by atoms with Crippen molar-refractivity contribution in [3.05, 3.63) is 54.7 Å². The average molecular weight is 348 g/mol. The Bertz CT molecular complexity index is 829.